The summed E-state index contributed by atoms with van der Waals surface area (Å²) in [4.78, 5) is 35.0. The second-order valence-corrected chi connectivity index (χ2v) is 4.36. The van der Waals surface area contributed by atoms with Gasteiger partial charge in [-0.3, -0.25) is 9.69 Å². The van der Waals surface area contributed by atoms with E-state index < -0.39 is 12.0 Å². The number of methoxy groups -OCH3 is 1. The van der Waals surface area contributed by atoms with Gasteiger partial charge in [-0.1, -0.05) is 5.21 Å². The number of urea groups is 1. The number of rotatable bonds is 7. The molecule has 114 valence electrons. The maximum absolute atomic E-state index is 11.5. The van der Waals surface area contributed by atoms with Crippen molar-refractivity contribution >= 4 is 17.9 Å². The largest absolute Gasteiger partial charge is 0.476 e. The third kappa shape index (κ3) is 3.16. The van der Waals surface area contributed by atoms with Gasteiger partial charge in [-0.25, -0.2) is 14.3 Å². The monoisotopic (exact) mass is 297 g/mol. The van der Waals surface area contributed by atoms with Crippen molar-refractivity contribution in [2.75, 3.05) is 26.8 Å². The number of carbonyl (C=O) groups excluding carboxylic acids is 2. The normalized spacial score (nSPS) is 14.6. The standard InChI is InChI=1S/C11H15N5O5/c1-21-5-2-7-9(10(18)19)13-14-16(7)4-3-15-8(17)6-12-11(15)20/h2-6H2,1H3,(H,12,20)(H,18,19). The van der Waals surface area contributed by atoms with Crippen LogP contribution in [0.3, 0.4) is 0 Å². The predicted molar refractivity (Wildman–Crippen MR) is 67.7 cm³/mol. The van der Waals surface area contributed by atoms with Crippen LogP contribution in [0, 0.1) is 0 Å². The minimum atomic E-state index is -1.18. The van der Waals surface area contributed by atoms with Crippen molar-refractivity contribution in [3.05, 3.63) is 11.4 Å². The third-order valence-electron chi connectivity index (χ3n) is 3.06. The molecule has 1 saturated heterocycles. The number of aromatic carboxylic acids is 1. The van der Waals surface area contributed by atoms with E-state index in [1.807, 2.05) is 0 Å². The summed E-state index contributed by atoms with van der Waals surface area (Å²) in [7, 11) is 1.50. The highest BCUT2D eigenvalue weighted by Gasteiger charge is 2.28. The highest BCUT2D eigenvalue weighted by Crippen LogP contribution is 2.08. The lowest BCUT2D eigenvalue weighted by Gasteiger charge is -2.13. The molecular formula is C11H15N5O5. The summed E-state index contributed by atoms with van der Waals surface area (Å²) in [6.07, 6.45) is 0.325. The first-order valence-electron chi connectivity index (χ1n) is 6.27. The predicted octanol–water partition coefficient (Wildman–Crippen LogP) is -1.28. The molecule has 2 N–H and O–H groups in total. The number of aromatic nitrogens is 3. The third-order valence-corrected chi connectivity index (χ3v) is 3.06. The van der Waals surface area contributed by atoms with Crippen LogP contribution in [-0.4, -0.2) is 69.7 Å². The topological polar surface area (TPSA) is 127 Å². The minimum absolute atomic E-state index is 0.0207. The summed E-state index contributed by atoms with van der Waals surface area (Å²) in [5, 5.41) is 18.8. The number of hydrogen-bond acceptors (Lipinski definition) is 6. The van der Waals surface area contributed by atoms with E-state index in [2.05, 4.69) is 15.6 Å². The van der Waals surface area contributed by atoms with Crippen LogP contribution >= 0.6 is 0 Å². The van der Waals surface area contributed by atoms with E-state index in [1.54, 1.807) is 0 Å². The number of ether oxygens (including phenoxy) is 1. The van der Waals surface area contributed by atoms with Gasteiger partial charge in [0.05, 0.1) is 31.9 Å². The summed E-state index contributed by atoms with van der Waals surface area (Å²) in [5.41, 5.74) is 0.251. The molecule has 0 unspecified atom stereocenters. The van der Waals surface area contributed by atoms with Gasteiger partial charge in [-0.15, -0.1) is 5.10 Å². The van der Waals surface area contributed by atoms with Gasteiger partial charge >= 0.3 is 12.0 Å². The van der Waals surface area contributed by atoms with Crippen LogP contribution in [0.2, 0.25) is 0 Å². The van der Waals surface area contributed by atoms with Crippen LogP contribution in [0.5, 0.6) is 0 Å². The van der Waals surface area contributed by atoms with Crippen LogP contribution in [0.1, 0.15) is 16.2 Å². The number of nitrogens with zero attached hydrogens (tertiary/aromatic N) is 4. The molecule has 0 saturated carbocycles. The first-order chi connectivity index (χ1) is 10.0. The second-order valence-electron chi connectivity index (χ2n) is 4.36. The van der Waals surface area contributed by atoms with Gasteiger partial charge in [0, 0.05) is 13.5 Å². The minimum Gasteiger partial charge on any atom is -0.476 e. The van der Waals surface area contributed by atoms with E-state index in [-0.39, 0.29) is 31.2 Å². The summed E-state index contributed by atoms with van der Waals surface area (Å²) in [6.45, 7) is 0.579. The molecule has 1 aromatic heterocycles. The Morgan fingerprint density at radius 2 is 2.19 bits per heavy atom. The maximum atomic E-state index is 11.5. The molecule has 0 aromatic carbocycles. The van der Waals surface area contributed by atoms with Gasteiger partial charge in [0.2, 0.25) is 5.91 Å². The van der Waals surface area contributed by atoms with Gasteiger partial charge < -0.3 is 15.2 Å². The fourth-order valence-corrected chi connectivity index (χ4v) is 2.00. The smallest absolute Gasteiger partial charge is 0.358 e. The van der Waals surface area contributed by atoms with Crippen molar-refractivity contribution < 1.29 is 24.2 Å². The fraction of sp³-hybridized carbons (Fsp3) is 0.545. The van der Waals surface area contributed by atoms with Crippen molar-refractivity contribution in [1.82, 2.24) is 25.2 Å². The lowest BCUT2D eigenvalue weighted by molar-refractivity contribution is -0.125. The second kappa shape index (κ2) is 6.31. The number of nitrogens with one attached hydrogen (secondary N) is 1. The first kappa shape index (κ1) is 14.9. The number of carboxylic acids is 1. The van der Waals surface area contributed by atoms with Gasteiger partial charge in [0.1, 0.15) is 0 Å². The van der Waals surface area contributed by atoms with Crippen molar-refractivity contribution in [2.45, 2.75) is 13.0 Å². The number of carboxylic acid groups (broad SMARTS) is 1. The molecule has 0 bridgehead atoms. The van der Waals surface area contributed by atoms with Gasteiger partial charge in [-0.05, 0) is 0 Å². The quantitative estimate of drug-likeness (QED) is 0.600. The Balaban J connectivity index is 2.10. The molecule has 1 aliphatic heterocycles. The van der Waals surface area contributed by atoms with Crippen LogP contribution in [0.15, 0.2) is 0 Å². The molecule has 10 nitrogen and oxygen atoms in total. The average molecular weight is 297 g/mol. The van der Waals surface area contributed by atoms with Crippen molar-refractivity contribution in [3.8, 4) is 0 Å². The fourth-order valence-electron chi connectivity index (χ4n) is 2.00. The maximum Gasteiger partial charge on any atom is 0.358 e. The van der Waals surface area contributed by atoms with E-state index in [9.17, 15) is 14.4 Å². The van der Waals surface area contributed by atoms with Crippen LogP contribution < -0.4 is 5.32 Å². The highest BCUT2D eigenvalue weighted by molar-refractivity contribution is 6.01. The van der Waals surface area contributed by atoms with E-state index in [0.717, 1.165) is 4.90 Å². The summed E-state index contributed by atoms with van der Waals surface area (Å²) in [6, 6.07) is -0.461. The molecule has 2 rings (SSSR count). The molecule has 0 spiro atoms. The zero-order valence-electron chi connectivity index (χ0n) is 11.4. The number of imide groups is 1. The number of hydrogen-bond donors (Lipinski definition) is 2. The average Bonchev–Trinajstić information content (AvgIpc) is 2.99. The van der Waals surface area contributed by atoms with E-state index in [0.29, 0.717) is 18.7 Å². The molecule has 1 aliphatic rings. The van der Waals surface area contributed by atoms with E-state index >= 15 is 0 Å². The van der Waals surface area contributed by atoms with Crippen LogP contribution in [-0.2, 0) is 22.5 Å². The van der Waals surface area contributed by atoms with Gasteiger partial charge in [-0.2, -0.15) is 0 Å². The SMILES string of the molecule is COCCc1c(C(=O)O)nnn1CCN1C(=O)CNC1=O. The Morgan fingerprint density at radius 3 is 2.76 bits per heavy atom. The number of amides is 3. The van der Waals surface area contributed by atoms with Gasteiger partial charge in [0.25, 0.3) is 0 Å². The number of carbonyl (C=O) groups is 3. The Hall–Kier alpha value is -2.49. The van der Waals surface area contributed by atoms with Crippen LogP contribution in [0.25, 0.3) is 0 Å². The molecule has 0 radical (unpaired) electrons. The Morgan fingerprint density at radius 1 is 1.43 bits per heavy atom. The Kier molecular flexibility index (Phi) is 4.48. The highest BCUT2D eigenvalue weighted by atomic mass is 16.5. The lowest BCUT2D eigenvalue weighted by atomic mass is 10.2. The summed E-state index contributed by atoms with van der Waals surface area (Å²) >= 11 is 0. The molecule has 10 heteroatoms. The molecule has 3 amide bonds. The first-order valence-corrected chi connectivity index (χ1v) is 6.27. The summed E-state index contributed by atoms with van der Waals surface area (Å²) < 4.78 is 6.30. The Bertz CT molecular complexity index is 553. The molecular weight excluding hydrogens is 282 g/mol. The molecule has 0 atom stereocenters. The molecule has 2 heterocycles. The molecule has 1 aromatic rings. The molecule has 0 aliphatic carbocycles. The van der Waals surface area contributed by atoms with Gasteiger partial charge in [0.15, 0.2) is 5.69 Å². The lowest BCUT2D eigenvalue weighted by Crippen LogP contribution is -2.34. The molecule has 21 heavy (non-hydrogen) atoms. The van der Waals surface area contributed by atoms with Crippen molar-refractivity contribution in [1.29, 1.82) is 0 Å². The van der Waals surface area contributed by atoms with E-state index in [4.69, 9.17) is 9.84 Å². The van der Waals surface area contributed by atoms with Crippen LogP contribution in [0.4, 0.5) is 4.79 Å². The Labute approximate surface area is 119 Å². The van der Waals surface area contributed by atoms with E-state index in [1.165, 1.54) is 11.8 Å². The van der Waals surface area contributed by atoms with Crippen molar-refractivity contribution in [3.63, 3.8) is 0 Å². The summed E-state index contributed by atoms with van der Waals surface area (Å²) in [5.74, 6) is -1.50. The van der Waals surface area contributed by atoms with Crippen molar-refractivity contribution in [2.24, 2.45) is 0 Å². The molecule has 1 fully saturated rings. The zero-order valence-corrected chi connectivity index (χ0v) is 11.4. The zero-order chi connectivity index (χ0) is 15.4.